The molecule has 4 N–H and O–H groups in total. The van der Waals surface area contributed by atoms with Crippen LogP contribution in [0.25, 0.3) is 0 Å². The summed E-state index contributed by atoms with van der Waals surface area (Å²) in [6.07, 6.45) is 2.12. The van der Waals surface area contributed by atoms with Crippen molar-refractivity contribution in [2.45, 2.75) is 25.5 Å². The highest BCUT2D eigenvalue weighted by Gasteiger charge is 2.25. The van der Waals surface area contributed by atoms with Gasteiger partial charge in [0.25, 0.3) is 0 Å². The number of aromatic nitrogens is 1. The standard InChI is InChI=1S/C16H19N3O2/c1-16(18,15(17)20)10-12-5-7-14(8-6-12)21-11-13-4-2-3-9-19-13/h2-9H,10-11,18H2,1H3,(H2,17,20). The van der Waals surface area contributed by atoms with E-state index >= 15 is 0 Å². The highest BCUT2D eigenvalue weighted by atomic mass is 16.5. The van der Waals surface area contributed by atoms with Crippen molar-refractivity contribution in [3.8, 4) is 5.75 Å². The fourth-order valence-corrected chi connectivity index (χ4v) is 1.86. The van der Waals surface area contributed by atoms with E-state index in [0.29, 0.717) is 13.0 Å². The van der Waals surface area contributed by atoms with E-state index in [1.807, 2.05) is 42.5 Å². The summed E-state index contributed by atoms with van der Waals surface area (Å²) in [5.41, 5.74) is 11.9. The van der Waals surface area contributed by atoms with Crippen molar-refractivity contribution in [3.05, 3.63) is 59.9 Å². The summed E-state index contributed by atoms with van der Waals surface area (Å²) < 4.78 is 5.64. The predicted octanol–water partition coefficient (Wildman–Crippen LogP) is 1.41. The van der Waals surface area contributed by atoms with Crippen molar-refractivity contribution in [1.29, 1.82) is 0 Å². The third kappa shape index (κ3) is 4.29. The molecule has 0 spiro atoms. The number of ether oxygens (including phenoxy) is 1. The summed E-state index contributed by atoms with van der Waals surface area (Å²) in [6.45, 7) is 2.04. The van der Waals surface area contributed by atoms with Gasteiger partial charge >= 0.3 is 0 Å². The highest BCUT2D eigenvalue weighted by molar-refractivity contribution is 5.84. The molecule has 0 fully saturated rings. The maximum Gasteiger partial charge on any atom is 0.237 e. The maximum absolute atomic E-state index is 11.2. The van der Waals surface area contributed by atoms with Gasteiger partial charge < -0.3 is 16.2 Å². The lowest BCUT2D eigenvalue weighted by atomic mass is 9.93. The average Bonchev–Trinajstić information content (AvgIpc) is 2.47. The number of benzene rings is 1. The largest absolute Gasteiger partial charge is 0.487 e. The van der Waals surface area contributed by atoms with Crippen LogP contribution in [0.1, 0.15) is 18.2 Å². The molecule has 110 valence electrons. The Morgan fingerprint density at radius 2 is 1.95 bits per heavy atom. The number of nitrogens with zero attached hydrogens (tertiary/aromatic N) is 1. The zero-order valence-corrected chi connectivity index (χ0v) is 12.0. The van der Waals surface area contributed by atoms with Crippen LogP contribution in [0.3, 0.4) is 0 Å². The van der Waals surface area contributed by atoms with Gasteiger partial charge in [-0.1, -0.05) is 18.2 Å². The first kappa shape index (κ1) is 15.0. The van der Waals surface area contributed by atoms with Crippen molar-refractivity contribution in [2.75, 3.05) is 0 Å². The van der Waals surface area contributed by atoms with Gasteiger partial charge in [-0.2, -0.15) is 0 Å². The van der Waals surface area contributed by atoms with E-state index in [0.717, 1.165) is 17.0 Å². The number of pyridine rings is 1. The molecule has 5 heteroatoms. The van der Waals surface area contributed by atoms with Gasteiger partial charge in [0.2, 0.25) is 5.91 Å². The summed E-state index contributed by atoms with van der Waals surface area (Å²) in [6, 6.07) is 13.1. The van der Waals surface area contributed by atoms with Gasteiger partial charge in [0.15, 0.2) is 0 Å². The Morgan fingerprint density at radius 3 is 2.52 bits per heavy atom. The summed E-state index contributed by atoms with van der Waals surface area (Å²) in [5, 5.41) is 0. The Bertz CT molecular complexity index is 595. The molecule has 1 atom stereocenters. The van der Waals surface area contributed by atoms with Crippen LogP contribution in [-0.4, -0.2) is 16.4 Å². The smallest absolute Gasteiger partial charge is 0.237 e. The minimum absolute atomic E-state index is 0.392. The molecule has 1 unspecified atom stereocenters. The van der Waals surface area contributed by atoms with E-state index < -0.39 is 11.4 Å². The third-order valence-electron chi connectivity index (χ3n) is 3.17. The molecule has 21 heavy (non-hydrogen) atoms. The molecule has 0 bridgehead atoms. The minimum atomic E-state index is -1.05. The first-order chi connectivity index (χ1) is 9.97. The molecule has 0 aliphatic carbocycles. The molecule has 2 rings (SSSR count). The molecule has 0 aliphatic heterocycles. The van der Waals surface area contributed by atoms with Crippen LogP contribution in [0, 0.1) is 0 Å². The molecule has 0 radical (unpaired) electrons. The molecule has 1 aromatic heterocycles. The molecule has 1 amide bonds. The lowest BCUT2D eigenvalue weighted by Crippen LogP contribution is -2.51. The summed E-state index contributed by atoms with van der Waals surface area (Å²) in [7, 11) is 0. The van der Waals surface area contributed by atoms with Gasteiger partial charge in [-0.25, -0.2) is 0 Å². The molecular weight excluding hydrogens is 266 g/mol. The van der Waals surface area contributed by atoms with Crippen LogP contribution >= 0.6 is 0 Å². The van der Waals surface area contributed by atoms with E-state index in [1.165, 1.54) is 0 Å². The van der Waals surface area contributed by atoms with Crippen LogP contribution in [-0.2, 0) is 17.8 Å². The number of rotatable bonds is 6. The topological polar surface area (TPSA) is 91.2 Å². The Morgan fingerprint density at radius 1 is 1.24 bits per heavy atom. The van der Waals surface area contributed by atoms with Crippen LogP contribution in [0.15, 0.2) is 48.7 Å². The number of carbonyl (C=O) groups excluding carboxylic acids is 1. The monoisotopic (exact) mass is 285 g/mol. The number of carbonyl (C=O) groups is 1. The molecule has 0 saturated heterocycles. The average molecular weight is 285 g/mol. The zero-order chi connectivity index (χ0) is 15.3. The fourth-order valence-electron chi connectivity index (χ4n) is 1.86. The van der Waals surface area contributed by atoms with E-state index in [-0.39, 0.29) is 0 Å². The number of primary amides is 1. The van der Waals surface area contributed by atoms with Gasteiger partial charge in [0, 0.05) is 6.20 Å². The first-order valence-corrected chi connectivity index (χ1v) is 6.68. The molecular formula is C16H19N3O2. The van der Waals surface area contributed by atoms with Crippen molar-refractivity contribution in [1.82, 2.24) is 4.98 Å². The summed E-state index contributed by atoms with van der Waals surface area (Å²) >= 11 is 0. The predicted molar refractivity (Wildman–Crippen MR) is 80.5 cm³/mol. The lowest BCUT2D eigenvalue weighted by molar-refractivity contribution is -0.122. The lowest BCUT2D eigenvalue weighted by Gasteiger charge is -2.20. The second-order valence-electron chi connectivity index (χ2n) is 5.21. The molecule has 5 nitrogen and oxygen atoms in total. The molecule has 1 heterocycles. The Kier molecular flexibility index (Phi) is 4.55. The quantitative estimate of drug-likeness (QED) is 0.839. The van der Waals surface area contributed by atoms with Crippen molar-refractivity contribution in [3.63, 3.8) is 0 Å². The Balaban J connectivity index is 1.95. The maximum atomic E-state index is 11.2. The van der Waals surface area contributed by atoms with Gasteiger partial charge in [-0.15, -0.1) is 0 Å². The van der Waals surface area contributed by atoms with E-state index in [2.05, 4.69) is 4.98 Å². The van der Waals surface area contributed by atoms with Crippen molar-refractivity contribution < 1.29 is 9.53 Å². The number of hydrogen-bond acceptors (Lipinski definition) is 4. The summed E-state index contributed by atoms with van der Waals surface area (Å²) in [5.74, 6) is 0.222. The normalized spacial score (nSPS) is 13.4. The third-order valence-corrected chi connectivity index (χ3v) is 3.17. The van der Waals surface area contributed by atoms with Crippen LogP contribution in [0.2, 0.25) is 0 Å². The van der Waals surface area contributed by atoms with Crippen molar-refractivity contribution in [2.24, 2.45) is 11.5 Å². The molecule has 2 aromatic rings. The number of hydrogen-bond donors (Lipinski definition) is 2. The highest BCUT2D eigenvalue weighted by Crippen LogP contribution is 2.17. The number of nitrogens with two attached hydrogens (primary N) is 2. The van der Waals surface area contributed by atoms with Crippen LogP contribution < -0.4 is 16.2 Å². The molecule has 1 aromatic carbocycles. The summed E-state index contributed by atoms with van der Waals surface area (Å²) in [4.78, 5) is 15.4. The minimum Gasteiger partial charge on any atom is -0.487 e. The van der Waals surface area contributed by atoms with Gasteiger partial charge in [-0.3, -0.25) is 9.78 Å². The zero-order valence-electron chi connectivity index (χ0n) is 12.0. The number of amides is 1. The van der Waals surface area contributed by atoms with Crippen molar-refractivity contribution >= 4 is 5.91 Å². The second kappa shape index (κ2) is 6.37. The molecule has 0 saturated carbocycles. The Hall–Kier alpha value is -2.40. The van der Waals surface area contributed by atoms with E-state index in [9.17, 15) is 4.79 Å². The van der Waals surface area contributed by atoms with E-state index in [1.54, 1.807) is 13.1 Å². The fraction of sp³-hybridized carbons (Fsp3) is 0.250. The Labute approximate surface area is 123 Å². The van der Waals surface area contributed by atoms with E-state index in [4.69, 9.17) is 16.2 Å². The first-order valence-electron chi connectivity index (χ1n) is 6.68. The SMILES string of the molecule is CC(N)(Cc1ccc(OCc2ccccn2)cc1)C(N)=O. The molecule has 0 aliphatic rings. The van der Waals surface area contributed by atoms with Crippen LogP contribution in [0.5, 0.6) is 5.75 Å². The van der Waals surface area contributed by atoms with Gasteiger partial charge in [0.05, 0.1) is 11.2 Å². The van der Waals surface area contributed by atoms with Gasteiger partial charge in [0.1, 0.15) is 12.4 Å². The van der Waals surface area contributed by atoms with Crippen LogP contribution in [0.4, 0.5) is 0 Å². The van der Waals surface area contributed by atoms with Gasteiger partial charge in [-0.05, 0) is 43.2 Å². The second-order valence-corrected chi connectivity index (χ2v) is 5.21.